The summed E-state index contributed by atoms with van der Waals surface area (Å²) in [5, 5.41) is 6.06. The number of nitrogens with zero attached hydrogens (tertiary/aromatic N) is 3. The van der Waals surface area contributed by atoms with E-state index in [2.05, 4.69) is 59.4 Å². The summed E-state index contributed by atoms with van der Waals surface area (Å²) in [4.78, 5) is 25.3. The lowest BCUT2D eigenvalue weighted by atomic mass is 9.85. The van der Waals surface area contributed by atoms with Gasteiger partial charge in [-0.25, -0.2) is 9.78 Å². The van der Waals surface area contributed by atoms with Crippen LogP contribution in [0.15, 0.2) is 55.0 Å². The zero-order valence-corrected chi connectivity index (χ0v) is 20.7. The smallest absolute Gasteiger partial charge is 0.324 e. The molecule has 0 radical (unpaired) electrons. The first-order valence-electron chi connectivity index (χ1n) is 11.0. The number of urea groups is 1. The van der Waals surface area contributed by atoms with E-state index in [0.717, 1.165) is 28.8 Å². The van der Waals surface area contributed by atoms with Crippen LogP contribution >= 0.6 is 11.6 Å². The van der Waals surface area contributed by atoms with Crippen molar-refractivity contribution in [3.8, 4) is 11.3 Å². The van der Waals surface area contributed by atoms with Gasteiger partial charge >= 0.3 is 6.03 Å². The molecule has 8 heteroatoms. The van der Waals surface area contributed by atoms with Crippen LogP contribution in [0.3, 0.4) is 0 Å². The van der Waals surface area contributed by atoms with E-state index in [4.69, 9.17) is 16.3 Å². The van der Waals surface area contributed by atoms with E-state index in [1.807, 2.05) is 31.2 Å². The lowest BCUT2D eigenvalue weighted by Crippen LogP contribution is -2.39. The predicted molar refractivity (Wildman–Crippen MR) is 136 cm³/mol. The summed E-state index contributed by atoms with van der Waals surface area (Å²) in [5.74, 6) is 0.325. The van der Waals surface area contributed by atoms with Crippen LogP contribution in [0.4, 0.5) is 16.3 Å². The van der Waals surface area contributed by atoms with E-state index in [1.165, 1.54) is 6.20 Å². The Balaban J connectivity index is 1.52. The van der Waals surface area contributed by atoms with Crippen molar-refractivity contribution in [3.05, 3.63) is 71.3 Å². The van der Waals surface area contributed by atoms with Crippen LogP contribution in [0, 0.1) is 6.92 Å². The van der Waals surface area contributed by atoms with Crippen molar-refractivity contribution in [3.63, 3.8) is 0 Å². The maximum absolute atomic E-state index is 12.3. The summed E-state index contributed by atoms with van der Waals surface area (Å²) in [6, 6.07) is 9.01. The van der Waals surface area contributed by atoms with Gasteiger partial charge in [0.2, 0.25) is 0 Å². The van der Waals surface area contributed by atoms with Gasteiger partial charge in [0.15, 0.2) is 5.82 Å². The summed E-state index contributed by atoms with van der Waals surface area (Å²) < 4.78 is 6.15. The molecule has 7 nitrogen and oxygen atoms in total. The minimum Gasteiger partial charge on any atom is -0.365 e. The molecule has 1 aromatic carbocycles. The van der Waals surface area contributed by atoms with Crippen molar-refractivity contribution in [1.82, 2.24) is 15.0 Å². The Bertz CT molecular complexity index is 1250. The van der Waals surface area contributed by atoms with Crippen molar-refractivity contribution >= 4 is 34.7 Å². The van der Waals surface area contributed by atoms with Crippen molar-refractivity contribution < 1.29 is 9.53 Å². The van der Waals surface area contributed by atoms with Gasteiger partial charge in [-0.05, 0) is 70.0 Å². The number of halogens is 1. The van der Waals surface area contributed by atoms with Gasteiger partial charge in [-0.3, -0.25) is 15.3 Å². The lowest BCUT2D eigenvalue weighted by Gasteiger charge is -2.40. The van der Waals surface area contributed by atoms with E-state index < -0.39 is 6.03 Å². The predicted octanol–water partition coefficient (Wildman–Crippen LogP) is 6.51. The molecule has 0 saturated carbocycles. The molecule has 176 valence electrons. The number of aryl methyl sites for hydroxylation is 1. The number of hydrogen-bond acceptors (Lipinski definition) is 5. The third kappa shape index (κ3) is 5.79. The molecule has 0 unspecified atom stereocenters. The molecule has 2 amide bonds. The first kappa shape index (κ1) is 23.9. The highest BCUT2D eigenvalue weighted by Gasteiger charge is 2.34. The Morgan fingerprint density at radius 1 is 1.06 bits per heavy atom. The summed E-state index contributed by atoms with van der Waals surface area (Å²) in [7, 11) is 0. The summed E-state index contributed by atoms with van der Waals surface area (Å²) >= 11 is 6.71. The summed E-state index contributed by atoms with van der Waals surface area (Å²) in [6.45, 7) is 10.2. The number of hydrogen-bond donors (Lipinski definition) is 2. The van der Waals surface area contributed by atoms with Crippen LogP contribution in [0.5, 0.6) is 0 Å². The fourth-order valence-corrected chi connectivity index (χ4v) is 4.50. The highest BCUT2D eigenvalue weighted by Crippen LogP contribution is 2.41. The van der Waals surface area contributed by atoms with Crippen molar-refractivity contribution in [1.29, 1.82) is 0 Å². The van der Waals surface area contributed by atoms with Gasteiger partial charge in [-0.1, -0.05) is 23.7 Å². The van der Waals surface area contributed by atoms with E-state index >= 15 is 0 Å². The molecule has 0 aliphatic carbocycles. The summed E-state index contributed by atoms with van der Waals surface area (Å²) in [5.41, 5.74) is 4.34. The quantitative estimate of drug-likeness (QED) is 0.447. The minimum atomic E-state index is -0.429. The highest BCUT2D eigenvalue weighted by atomic mass is 35.5. The van der Waals surface area contributed by atoms with E-state index in [-0.39, 0.29) is 11.2 Å². The van der Waals surface area contributed by atoms with Crippen LogP contribution in [0.2, 0.25) is 5.02 Å². The van der Waals surface area contributed by atoms with Gasteiger partial charge in [0.1, 0.15) is 0 Å². The van der Waals surface area contributed by atoms with Gasteiger partial charge in [-0.15, -0.1) is 0 Å². The number of rotatable bonds is 4. The molecule has 2 N–H and O–H groups in total. The van der Waals surface area contributed by atoms with Crippen LogP contribution < -0.4 is 10.6 Å². The van der Waals surface area contributed by atoms with Crippen LogP contribution in [0.1, 0.15) is 45.4 Å². The van der Waals surface area contributed by atoms with Crippen LogP contribution in [-0.2, 0) is 4.74 Å². The Morgan fingerprint density at radius 3 is 2.53 bits per heavy atom. The number of benzene rings is 1. The molecule has 3 heterocycles. The van der Waals surface area contributed by atoms with Crippen LogP contribution in [0.25, 0.3) is 16.8 Å². The lowest BCUT2D eigenvalue weighted by molar-refractivity contribution is -0.100. The normalized spacial score (nSPS) is 16.5. The fraction of sp³-hybridized carbons (Fsp3) is 0.308. The molecule has 3 aromatic rings. The molecular weight excluding hydrogens is 450 g/mol. The number of anilines is 2. The number of ether oxygens (including phenoxy) is 1. The molecule has 4 rings (SSSR count). The fourth-order valence-electron chi connectivity index (χ4n) is 4.20. The van der Waals surface area contributed by atoms with Crippen molar-refractivity contribution in [2.75, 3.05) is 10.6 Å². The molecule has 0 bridgehead atoms. The Kier molecular flexibility index (Phi) is 6.43. The van der Waals surface area contributed by atoms with Gasteiger partial charge in [0.05, 0.1) is 41.2 Å². The van der Waals surface area contributed by atoms with Crippen LogP contribution in [-0.4, -0.2) is 32.2 Å². The molecule has 1 aliphatic rings. The van der Waals surface area contributed by atoms with Gasteiger partial charge in [0, 0.05) is 22.7 Å². The molecule has 2 aromatic heterocycles. The zero-order chi connectivity index (χ0) is 24.5. The number of carbonyl (C=O) groups excluding carboxylic acids is 1. The molecule has 34 heavy (non-hydrogen) atoms. The molecule has 0 spiro atoms. The second-order valence-corrected chi connectivity index (χ2v) is 9.97. The second kappa shape index (κ2) is 9.16. The monoisotopic (exact) mass is 477 g/mol. The zero-order valence-electron chi connectivity index (χ0n) is 19.9. The standard InChI is InChI=1S/C26H28ClN5O2/c1-16-6-8-19(13-29-16)30-24(33)32-23-15-28-14-22(31-23)17-7-9-20(21(27)10-17)18-11-25(2,3)34-26(4,5)12-18/h6-11,13-15H,12H2,1-5H3,(H2,30,31,32,33). The Hall–Kier alpha value is -3.29. The average molecular weight is 478 g/mol. The Morgan fingerprint density at radius 2 is 1.85 bits per heavy atom. The molecular formula is C26H28ClN5O2. The second-order valence-electron chi connectivity index (χ2n) is 9.56. The van der Waals surface area contributed by atoms with Crippen molar-refractivity contribution in [2.45, 2.75) is 52.2 Å². The first-order valence-corrected chi connectivity index (χ1v) is 11.4. The molecule has 0 fully saturated rings. The number of aromatic nitrogens is 3. The molecule has 0 atom stereocenters. The van der Waals surface area contributed by atoms with E-state index in [9.17, 15) is 4.79 Å². The number of nitrogens with one attached hydrogen (secondary N) is 2. The molecule has 0 saturated heterocycles. The maximum Gasteiger partial charge on any atom is 0.324 e. The minimum absolute atomic E-state index is 0.281. The topological polar surface area (TPSA) is 89.0 Å². The van der Waals surface area contributed by atoms with Gasteiger partial charge in [0.25, 0.3) is 0 Å². The van der Waals surface area contributed by atoms with E-state index in [0.29, 0.717) is 22.2 Å². The average Bonchev–Trinajstić information content (AvgIpc) is 2.73. The SMILES string of the molecule is Cc1ccc(NC(=O)Nc2cncc(-c3ccc(C4=CC(C)(C)OC(C)(C)C4)c(Cl)c3)n2)cn1. The van der Waals surface area contributed by atoms with Crippen molar-refractivity contribution in [2.24, 2.45) is 0 Å². The largest absolute Gasteiger partial charge is 0.365 e. The maximum atomic E-state index is 12.3. The van der Waals surface area contributed by atoms with E-state index in [1.54, 1.807) is 18.5 Å². The van der Waals surface area contributed by atoms with Gasteiger partial charge < -0.3 is 10.1 Å². The third-order valence-corrected chi connectivity index (χ3v) is 5.65. The summed E-state index contributed by atoms with van der Waals surface area (Å²) in [6.07, 6.45) is 7.62. The first-order chi connectivity index (χ1) is 16.0. The van der Waals surface area contributed by atoms with Gasteiger partial charge in [-0.2, -0.15) is 0 Å². The Labute approximate surface area is 204 Å². The number of carbonyl (C=O) groups is 1. The third-order valence-electron chi connectivity index (χ3n) is 5.33. The number of pyridine rings is 1. The molecule has 1 aliphatic heterocycles. The highest BCUT2D eigenvalue weighted by molar-refractivity contribution is 6.32. The number of amides is 2.